The third-order valence-electron chi connectivity index (χ3n) is 7.07. The molecule has 0 bridgehead atoms. The predicted molar refractivity (Wildman–Crippen MR) is 146 cm³/mol. The Morgan fingerprint density at radius 2 is 1.73 bits per heavy atom. The van der Waals surface area contributed by atoms with E-state index < -0.39 is 15.6 Å². The molecule has 1 fully saturated rings. The summed E-state index contributed by atoms with van der Waals surface area (Å²) in [6.45, 7) is 3.50. The number of benzene rings is 2. The van der Waals surface area contributed by atoms with Crippen molar-refractivity contribution >= 4 is 26.6 Å². The van der Waals surface area contributed by atoms with Crippen molar-refractivity contribution in [1.29, 1.82) is 0 Å². The number of pyridine rings is 1. The number of rotatable bonds is 7. The fourth-order valence-corrected chi connectivity index (χ4v) is 6.54. The standard InChI is InChI=1S/C30H32N2O4S/c1-30(2,33)24-15-13-22(14-16-24)27(17-21-9-7-8-10-21)28-19-23-18-25(36-3)20-31-29(23)32(28)37(34,35)26-11-5-4-6-12-26/h4-6,11-21,33H,7-10H2,1-3H3/b27-17+. The quantitative estimate of drug-likeness (QED) is 0.320. The van der Waals surface area contributed by atoms with Crippen LogP contribution in [0.5, 0.6) is 5.75 Å². The highest BCUT2D eigenvalue weighted by Gasteiger charge is 2.28. The average molecular weight is 517 g/mol. The van der Waals surface area contributed by atoms with E-state index in [0.29, 0.717) is 28.4 Å². The van der Waals surface area contributed by atoms with E-state index in [0.717, 1.165) is 42.4 Å². The van der Waals surface area contributed by atoms with Crippen molar-refractivity contribution in [3.05, 3.63) is 95.8 Å². The average Bonchev–Trinajstić information content (AvgIpc) is 3.55. The number of aliphatic hydroxyl groups is 1. The fourth-order valence-electron chi connectivity index (χ4n) is 5.04. The van der Waals surface area contributed by atoms with Crippen molar-refractivity contribution in [3.63, 3.8) is 0 Å². The summed E-state index contributed by atoms with van der Waals surface area (Å²) in [6, 6.07) is 19.9. The molecule has 0 saturated heterocycles. The van der Waals surface area contributed by atoms with Gasteiger partial charge in [-0.05, 0) is 68.0 Å². The molecule has 2 heterocycles. The summed E-state index contributed by atoms with van der Waals surface area (Å²) in [7, 11) is -2.39. The number of hydrogen-bond donors (Lipinski definition) is 1. The van der Waals surface area contributed by atoms with Crippen LogP contribution in [0.15, 0.2) is 83.9 Å². The lowest BCUT2D eigenvalue weighted by Crippen LogP contribution is -2.17. The summed E-state index contributed by atoms with van der Waals surface area (Å²) >= 11 is 0. The van der Waals surface area contributed by atoms with Crippen molar-refractivity contribution in [2.75, 3.05) is 7.11 Å². The Balaban J connectivity index is 1.78. The van der Waals surface area contributed by atoms with E-state index in [9.17, 15) is 13.5 Å². The lowest BCUT2D eigenvalue weighted by molar-refractivity contribution is 0.0786. The number of nitrogens with zero attached hydrogens (tertiary/aromatic N) is 2. The van der Waals surface area contributed by atoms with Gasteiger partial charge in [-0.15, -0.1) is 0 Å². The zero-order valence-corrected chi connectivity index (χ0v) is 22.2. The SMILES string of the molecule is COc1cnc2c(c1)cc(/C(=C/C1CCCC1)c1ccc(C(C)(C)O)cc1)n2S(=O)(=O)c1ccccc1. The molecule has 5 rings (SSSR count). The topological polar surface area (TPSA) is 81.4 Å². The van der Waals surface area contributed by atoms with Gasteiger partial charge >= 0.3 is 0 Å². The molecule has 4 aromatic rings. The first-order valence-corrected chi connectivity index (χ1v) is 14.0. The first kappa shape index (κ1) is 25.2. The first-order chi connectivity index (χ1) is 17.7. The summed E-state index contributed by atoms with van der Waals surface area (Å²) in [6.07, 6.45) is 8.23. The van der Waals surface area contributed by atoms with Crippen molar-refractivity contribution < 1.29 is 18.3 Å². The Labute approximate surface area is 218 Å². The largest absolute Gasteiger partial charge is 0.495 e. The molecule has 0 aliphatic heterocycles. The molecule has 0 spiro atoms. The minimum absolute atomic E-state index is 0.198. The summed E-state index contributed by atoms with van der Waals surface area (Å²) < 4.78 is 34.9. The predicted octanol–water partition coefficient (Wildman–Crippen LogP) is 6.13. The Morgan fingerprint density at radius 1 is 1.05 bits per heavy atom. The van der Waals surface area contributed by atoms with E-state index in [1.807, 2.05) is 36.4 Å². The van der Waals surface area contributed by atoms with Crippen LogP contribution in [0.3, 0.4) is 0 Å². The van der Waals surface area contributed by atoms with Crippen molar-refractivity contribution in [1.82, 2.24) is 8.96 Å². The molecule has 1 saturated carbocycles. The van der Waals surface area contributed by atoms with Crippen LogP contribution in [-0.2, 0) is 15.6 Å². The molecule has 1 N–H and O–H groups in total. The summed E-state index contributed by atoms with van der Waals surface area (Å²) in [5.74, 6) is 0.918. The Hall–Kier alpha value is -3.42. The van der Waals surface area contributed by atoms with E-state index >= 15 is 0 Å². The lowest BCUT2D eigenvalue weighted by Gasteiger charge is -2.19. The van der Waals surface area contributed by atoms with Gasteiger partial charge in [-0.3, -0.25) is 0 Å². The first-order valence-electron chi connectivity index (χ1n) is 12.6. The van der Waals surface area contributed by atoms with Crippen LogP contribution in [0, 0.1) is 5.92 Å². The second-order valence-electron chi connectivity index (χ2n) is 10.2. The Bertz CT molecular complexity index is 1540. The molecular formula is C30H32N2O4S. The fraction of sp³-hybridized carbons (Fsp3) is 0.300. The minimum atomic E-state index is -3.96. The molecule has 0 unspecified atom stereocenters. The van der Waals surface area contributed by atoms with Gasteiger partial charge in [0.15, 0.2) is 5.65 Å². The number of allylic oxidation sites excluding steroid dienone is 1. The van der Waals surface area contributed by atoms with Crippen LogP contribution in [0.25, 0.3) is 16.6 Å². The van der Waals surface area contributed by atoms with E-state index in [-0.39, 0.29) is 4.90 Å². The third-order valence-corrected chi connectivity index (χ3v) is 8.79. The zero-order valence-electron chi connectivity index (χ0n) is 21.4. The molecule has 192 valence electrons. The molecule has 6 nitrogen and oxygen atoms in total. The minimum Gasteiger partial charge on any atom is -0.495 e. The van der Waals surface area contributed by atoms with Crippen LogP contribution in [0.4, 0.5) is 0 Å². The number of ether oxygens (including phenoxy) is 1. The maximum Gasteiger partial charge on any atom is 0.269 e. The molecule has 0 atom stereocenters. The second kappa shape index (κ2) is 9.80. The Kier molecular flexibility index (Phi) is 6.68. The molecule has 0 radical (unpaired) electrons. The van der Waals surface area contributed by atoms with Gasteiger partial charge in [-0.1, -0.05) is 61.4 Å². The molecule has 1 aliphatic carbocycles. The second-order valence-corrected chi connectivity index (χ2v) is 11.9. The normalized spacial score (nSPS) is 15.4. The van der Waals surface area contributed by atoms with Gasteiger partial charge in [0.2, 0.25) is 0 Å². The lowest BCUT2D eigenvalue weighted by atomic mass is 9.92. The van der Waals surface area contributed by atoms with E-state index in [4.69, 9.17) is 4.74 Å². The van der Waals surface area contributed by atoms with E-state index in [1.165, 1.54) is 3.97 Å². The van der Waals surface area contributed by atoms with E-state index in [1.54, 1.807) is 57.5 Å². The third kappa shape index (κ3) is 4.93. The molecule has 2 aromatic heterocycles. The Morgan fingerprint density at radius 3 is 2.35 bits per heavy atom. The molecular weight excluding hydrogens is 484 g/mol. The van der Waals surface area contributed by atoms with Crippen LogP contribution >= 0.6 is 0 Å². The molecule has 0 amide bonds. The summed E-state index contributed by atoms with van der Waals surface area (Å²) in [5, 5.41) is 11.1. The highest BCUT2D eigenvalue weighted by molar-refractivity contribution is 7.90. The number of methoxy groups -OCH3 is 1. The molecule has 2 aromatic carbocycles. The van der Waals surface area contributed by atoms with Gasteiger partial charge in [-0.25, -0.2) is 17.4 Å². The zero-order chi connectivity index (χ0) is 26.2. The number of fused-ring (bicyclic) bond motifs is 1. The number of hydrogen-bond acceptors (Lipinski definition) is 5. The van der Waals surface area contributed by atoms with Crippen molar-refractivity contribution in [3.8, 4) is 5.75 Å². The number of aromatic nitrogens is 2. The van der Waals surface area contributed by atoms with Gasteiger partial charge in [-0.2, -0.15) is 0 Å². The maximum absolute atomic E-state index is 14.1. The van der Waals surface area contributed by atoms with Gasteiger partial charge < -0.3 is 9.84 Å². The van der Waals surface area contributed by atoms with Crippen LogP contribution in [-0.4, -0.2) is 29.6 Å². The molecule has 37 heavy (non-hydrogen) atoms. The van der Waals surface area contributed by atoms with Crippen LogP contribution < -0.4 is 4.74 Å². The highest BCUT2D eigenvalue weighted by atomic mass is 32.2. The van der Waals surface area contributed by atoms with Gasteiger partial charge in [0.05, 0.1) is 29.5 Å². The van der Waals surface area contributed by atoms with Gasteiger partial charge in [0.25, 0.3) is 10.0 Å². The maximum atomic E-state index is 14.1. The summed E-state index contributed by atoms with van der Waals surface area (Å²) in [4.78, 5) is 4.72. The van der Waals surface area contributed by atoms with Crippen LogP contribution in [0.1, 0.15) is 56.4 Å². The smallest absolute Gasteiger partial charge is 0.269 e. The molecule has 1 aliphatic rings. The van der Waals surface area contributed by atoms with Gasteiger partial charge in [0.1, 0.15) is 5.75 Å². The highest BCUT2D eigenvalue weighted by Crippen LogP contribution is 2.37. The summed E-state index contributed by atoms with van der Waals surface area (Å²) in [5.41, 5.74) is 2.46. The molecule has 7 heteroatoms. The monoisotopic (exact) mass is 516 g/mol. The van der Waals surface area contributed by atoms with Crippen molar-refractivity contribution in [2.45, 2.75) is 50.0 Å². The van der Waals surface area contributed by atoms with E-state index in [2.05, 4.69) is 11.1 Å². The van der Waals surface area contributed by atoms with Crippen LogP contribution in [0.2, 0.25) is 0 Å². The van der Waals surface area contributed by atoms with Crippen molar-refractivity contribution in [2.24, 2.45) is 5.92 Å². The van der Waals surface area contributed by atoms with Gasteiger partial charge in [0, 0.05) is 11.0 Å².